The van der Waals surface area contributed by atoms with E-state index in [0.29, 0.717) is 11.3 Å². The molecular weight excluding hydrogens is 294 g/mol. The first-order valence-electron chi connectivity index (χ1n) is 5.58. The number of carbonyl (C=O) groups is 1. The number of H-pyrrole nitrogens is 1. The molecule has 94 valence electrons. The van der Waals surface area contributed by atoms with Crippen molar-refractivity contribution in [2.45, 2.75) is 20.8 Å². The summed E-state index contributed by atoms with van der Waals surface area (Å²) in [6.45, 7) is 5.64. The van der Waals surface area contributed by atoms with Gasteiger partial charge < -0.3 is 5.32 Å². The van der Waals surface area contributed by atoms with Crippen molar-refractivity contribution in [3.05, 3.63) is 45.2 Å². The molecule has 18 heavy (non-hydrogen) atoms. The van der Waals surface area contributed by atoms with Crippen LogP contribution in [0.2, 0.25) is 0 Å². The minimum atomic E-state index is -0.144. The van der Waals surface area contributed by atoms with E-state index in [1.54, 1.807) is 0 Å². The van der Waals surface area contributed by atoms with Crippen molar-refractivity contribution >= 4 is 27.5 Å². The highest BCUT2D eigenvalue weighted by molar-refractivity contribution is 9.10. The molecule has 2 aromatic rings. The number of rotatable bonds is 2. The lowest BCUT2D eigenvalue weighted by Gasteiger charge is -2.07. The highest BCUT2D eigenvalue weighted by atomic mass is 79.9. The molecule has 0 atom stereocenters. The van der Waals surface area contributed by atoms with Gasteiger partial charge in [-0.05, 0) is 38.5 Å². The fourth-order valence-electron chi connectivity index (χ4n) is 1.75. The van der Waals surface area contributed by atoms with E-state index < -0.39 is 0 Å². The Bertz CT molecular complexity index is 585. The largest absolute Gasteiger partial charge is 0.322 e. The van der Waals surface area contributed by atoms with Crippen molar-refractivity contribution in [3.63, 3.8) is 0 Å². The Morgan fingerprint density at radius 1 is 1.33 bits per heavy atom. The maximum atomic E-state index is 12.1. The van der Waals surface area contributed by atoms with Gasteiger partial charge in [-0.2, -0.15) is 5.10 Å². The first-order valence-corrected chi connectivity index (χ1v) is 6.37. The van der Waals surface area contributed by atoms with Gasteiger partial charge in [0.25, 0.3) is 5.91 Å². The summed E-state index contributed by atoms with van der Waals surface area (Å²) in [5, 5.41) is 9.68. The fraction of sp³-hybridized carbons (Fsp3) is 0.231. The third kappa shape index (κ3) is 2.46. The molecule has 0 radical (unpaired) electrons. The minimum Gasteiger partial charge on any atom is -0.322 e. The molecule has 0 fully saturated rings. The number of aryl methyl sites for hydroxylation is 3. The number of carbonyl (C=O) groups excluding carboxylic acids is 1. The van der Waals surface area contributed by atoms with Crippen LogP contribution in [0.3, 0.4) is 0 Å². The number of hydrogen-bond acceptors (Lipinski definition) is 2. The van der Waals surface area contributed by atoms with Gasteiger partial charge in [-0.15, -0.1) is 0 Å². The molecule has 0 spiro atoms. The number of benzene rings is 1. The smallest absolute Gasteiger partial charge is 0.259 e. The second kappa shape index (κ2) is 4.94. The highest BCUT2D eigenvalue weighted by Crippen LogP contribution is 2.21. The zero-order chi connectivity index (χ0) is 13.3. The van der Waals surface area contributed by atoms with Crippen molar-refractivity contribution < 1.29 is 4.79 Å². The van der Waals surface area contributed by atoms with E-state index in [1.165, 1.54) is 0 Å². The predicted octanol–water partition coefficient (Wildman–Crippen LogP) is 3.35. The Labute approximate surface area is 114 Å². The number of amides is 1. The standard InChI is InChI=1S/C13H14BrN3O/c1-7-4-5-10(6-11(7)14)15-13(18)12-8(2)16-17-9(12)3/h4-6H,1-3H3,(H,15,18)(H,16,17). The summed E-state index contributed by atoms with van der Waals surface area (Å²) >= 11 is 3.44. The van der Waals surface area contributed by atoms with Gasteiger partial charge >= 0.3 is 0 Å². The van der Waals surface area contributed by atoms with Crippen LogP contribution in [0, 0.1) is 20.8 Å². The van der Waals surface area contributed by atoms with E-state index in [1.807, 2.05) is 39.0 Å². The van der Waals surface area contributed by atoms with Gasteiger partial charge in [-0.1, -0.05) is 22.0 Å². The Kier molecular flexibility index (Phi) is 3.52. The summed E-state index contributed by atoms with van der Waals surface area (Å²) in [5.41, 5.74) is 3.97. The van der Waals surface area contributed by atoms with Crippen LogP contribution >= 0.6 is 15.9 Å². The number of halogens is 1. The topological polar surface area (TPSA) is 57.8 Å². The Morgan fingerprint density at radius 2 is 2.06 bits per heavy atom. The van der Waals surface area contributed by atoms with Crippen LogP contribution in [-0.2, 0) is 0 Å². The van der Waals surface area contributed by atoms with Gasteiger partial charge in [0.15, 0.2) is 0 Å². The average Bonchev–Trinajstić information content (AvgIpc) is 2.64. The van der Waals surface area contributed by atoms with Crippen molar-refractivity contribution in [2.24, 2.45) is 0 Å². The summed E-state index contributed by atoms with van der Waals surface area (Å²) in [5.74, 6) is -0.144. The number of nitrogens with one attached hydrogen (secondary N) is 2. The number of nitrogens with zero attached hydrogens (tertiary/aromatic N) is 1. The first kappa shape index (κ1) is 12.8. The molecule has 2 rings (SSSR count). The maximum absolute atomic E-state index is 12.1. The van der Waals surface area contributed by atoms with Crippen molar-refractivity contribution in [3.8, 4) is 0 Å². The molecular formula is C13H14BrN3O. The zero-order valence-corrected chi connectivity index (χ0v) is 12.1. The molecule has 1 amide bonds. The van der Waals surface area contributed by atoms with Gasteiger partial charge in [0.1, 0.15) is 0 Å². The second-order valence-corrected chi connectivity index (χ2v) is 5.08. The molecule has 4 nitrogen and oxygen atoms in total. The molecule has 0 aliphatic carbocycles. The molecule has 1 aromatic carbocycles. The molecule has 0 aliphatic heterocycles. The van der Waals surface area contributed by atoms with Crippen LogP contribution in [0.1, 0.15) is 27.3 Å². The molecule has 0 bridgehead atoms. The van der Waals surface area contributed by atoms with Crippen LogP contribution in [0.4, 0.5) is 5.69 Å². The van der Waals surface area contributed by atoms with E-state index in [2.05, 4.69) is 31.4 Å². The number of hydrogen-bond donors (Lipinski definition) is 2. The van der Waals surface area contributed by atoms with E-state index in [-0.39, 0.29) is 5.91 Å². The maximum Gasteiger partial charge on any atom is 0.259 e. The quantitative estimate of drug-likeness (QED) is 0.894. The van der Waals surface area contributed by atoms with Crippen molar-refractivity contribution in [1.29, 1.82) is 0 Å². The Hall–Kier alpha value is -1.62. The van der Waals surface area contributed by atoms with Gasteiger partial charge in [0.05, 0.1) is 11.3 Å². The number of aromatic amines is 1. The highest BCUT2D eigenvalue weighted by Gasteiger charge is 2.15. The van der Waals surface area contributed by atoms with Crippen LogP contribution in [0.5, 0.6) is 0 Å². The molecule has 5 heteroatoms. The zero-order valence-electron chi connectivity index (χ0n) is 10.5. The molecule has 1 heterocycles. The molecule has 0 saturated heterocycles. The summed E-state index contributed by atoms with van der Waals surface area (Å²) < 4.78 is 0.973. The van der Waals surface area contributed by atoms with Gasteiger partial charge in [0.2, 0.25) is 0 Å². The fourth-order valence-corrected chi connectivity index (χ4v) is 2.13. The van der Waals surface area contributed by atoms with E-state index in [0.717, 1.165) is 21.4 Å². The molecule has 0 unspecified atom stereocenters. The summed E-state index contributed by atoms with van der Waals surface area (Å²) in [6.07, 6.45) is 0. The average molecular weight is 308 g/mol. The number of aromatic nitrogens is 2. The lowest BCUT2D eigenvalue weighted by atomic mass is 10.1. The monoisotopic (exact) mass is 307 g/mol. The molecule has 0 aliphatic rings. The van der Waals surface area contributed by atoms with Gasteiger partial charge in [-0.25, -0.2) is 0 Å². The summed E-state index contributed by atoms with van der Waals surface area (Å²) in [4.78, 5) is 12.1. The molecule has 0 saturated carbocycles. The third-order valence-electron chi connectivity index (χ3n) is 2.78. The summed E-state index contributed by atoms with van der Waals surface area (Å²) in [6, 6.07) is 5.72. The van der Waals surface area contributed by atoms with Crippen LogP contribution in [0.25, 0.3) is 0 Å². The molecule has 2 N–H and O–H groups in total. The SMILES string of the molecule is Cc1ccc(NC(=O)c2c(C)n[nH]c2C)cc1Br. The Balaban J connectivity index is 2.24. The normalized spacial score (nSPS) is 10.4. The van der Waals surface area contributed by atoms with Gasteiger partial charge in [-0.3, -0.25) is 9.89 Å². The number of anilines is 1. The van der Waals surface area contributed by atoms with Crippen molar-refractivity contribution in [1.82, 2.24) is 10.2 Å². The van der Waals surface area contributed by atoms with Crippen LogP contribution < -0.4 is 5.32 Å². The summed E-state index contributed by atoms with van der Waals surface area (Å²) in [7, 11) is 0. The molecule has 1 aromatic heterocycles. The Morgan fingerprint density at radius 3 is 2.61 bits per heavy atom. The third-order valence-corrected chi connectivity index (χ3v) is 3.64. The van der Waals surface area contributed by atoms with Crippen LogP contribution in [-0.4, -0.2) is 16.1 Å². The van der Waals surface area contributed by atoms with Crippen molar-refractivity contribution in [2.75, 3.05) is 5.32 Å². The van der Waals surface area contributed by atoms with Gasteiger partial charge in [0, 0.05) is 15.9 Å². The lowest BCUT2D eigenvalue weighted by Crippen LogP contribution is -2.13. The first-order chi connectivity index (χ1) is 8.49. The predicted molar refractivity (Wildman–Crippen MR) is 74.9 cm³/mol. The van der Waals surface area contributed by atoms with E-state index >= 15 is 0 Å². The van der Waals surface area contributed by atoms with E-state index in [9.17, 15) is 4.79 Å². The lowest BCUT2D eigenvalue weighted by molar-refractivity contribution is 0.102. The van der Waals surface area contributed by atoms with Crippen LogP contribution in [0.15, 0.2) is 22.7 Å². The second-order valence-electron chi connectivity index (χ2n) is 4.23. The minimum absolute atomic E-state index is 0.144. The van der Waals surface area contributed by atoms with E-state index in [4.69, 9.17) is 0 Å².